The summed E-state index contributed by atoms with van der Waals surface area (Å²) < 4.78 is 1.68. The first-order valence-electron chi connectivity index (χ1n) is 9.44. The van der Waals surface area contributed by atoms with Gasteiger partial charge in [0.05, 0.1) is 48.7 Å². The van der Waals surface area contributed by atoms with Crippen molar-refractivity contribution >= 4 is 11.6 Å². The Hall–Kier alpha value is -2.30. The van der Waals surface area contributed by atoms with Crippen molar-refractivity contribution in [3.8, 4) is 0 Å². The van der Waals surface area contributed by atoms with Crippen molar-refractivity contribution in [3.63, 3.8) is 0 Å². The largest absolute Gasteiger partial charge is 0.289 e. The maximum absolute atomic E-state index is 13.2. The van der Waals surface area contributed by atoms with Crippen molar-refractivity contribution < 1.29 is 18.6 Å². The van der Waals surface area contributed by atoms with Gasteiger partial charge in [0.25, 0.3) is 0 Å². The molecule has 27 heavy (non-hydrogen) atoms. The maximum atomic E-state index is 13.2. The van der Waals surface area contributed by atoms with E-state index in [-0.39, 0.29) is 11.6 Å². The van der Waals surface area contributed by atoms with Crippen LogP contribution in [0, 0.1) is 0 Å². The summed E-state index contributed by atoms with van der Waals surface area (Å²) in [4.78, 5) is 26.1. The average Bonchev–Trinajstić information content (AvgIpc) is 2.57. The summed E-state index contributed by atoms with van der Waals surface area (Å²) in [5.41, 5.74) is 3.17. The number of fused-ring (bicyclic) bond motifs is 2. The van der Waals surface area contributed by atoms with Crippen LogP contribution in [0.4, 0.5) is 0 Å². The first kappa shape index (κ1) is 19.5. The third kappa shape index (κ3) is 3.60. The highest BCUT2D eigenvalue weighted by Crippen LogP contribution is 2.31. The van der Waals surface area contributed by atoms with E-state index in [9.17, 15) is 9.59 Å². The van der Waals surface area contributed by atoms with Crippen LogP contribution in [0.5, 0.6) is 0 Å². The minimum atomic E-state index is -0.0446. The van der Waals surface area contributed by atoms with Gasteiger partial charge in [-0.2, -0.15) is 0 Å². The van der Waals surface area contributed by atoms with E-state index >= 15 is 0 Å². The highest BCUT2D eigenvalue weighted by atomic mass is 16.1. The third-order valence-electron chi connectivity index (χ3n) is 5.50. The van der Waals surface area contributed by atoms with Gasteiger partial charge >= 0.3 is 0 Å². The average molecular weight is 367 g/mol. The quantitative estimate of drug-likeness (QED) is 0.514. The number of rotatable bonds is 5. The number of nitrogens with zero attached hydrogens (tertiary/aromatic N) is 2. The van der Waals surface area contributed by atoms with Gasteiger partial charge in [0.2, 0.25) is 6.17 Å². The first-order valence-corrected chi connectivity index (χ1v) is 9.44. The Labute approximate surface area is 162 Å². The van der Waals surface area contributed by atoms with Gasteiger partial charge in [0, 0.05) is 22.3 Å². The van der Waals surface area contributed by atoms with Crippen LogP contribution in [0.2, 0.25) is 0 Å². The zero-order chi connectivity index (χ0) is 20.0. The second kappa shape index (κ2) is 6.70. The molecule has 4 nitrogen and oxygen atoms in total. The van der Waals surface area contributed by atoms with Crippen molar-refractivity contribution in [2.75, 3.05) is 42.3 Å². The van der Waals surface area contributed by atoms with E-state index in [0.717, 1.165) is 27.4 Å². The number of ketones is 2. The Morgan fingerprint density at radius 2 is 1.22 bits per heavy atom. The van der Waals surface area contributed by atoms with Crippen molar-refractivity contribution in [1.82, 2.24) is 0 Å². The summed E-state index contributed by atoms with van der Waals surface area (Å²) in [5, 5.41) is 0. The summed E-state index contributed by atoms with van der Waals surface area (Å²) in [5.74, 6) is -0.0698. The molecule has 0 aromatic heterocycles. The summed E-state index contributed by atoms with van der Waals surface area (Å²) in [7, 11) is 13.2. The summed E-state index contributed by atoms with van der Waals surface area (Å²) in [6.07, 6.45) is 2.09. The van der Waals surface area contributed by atoms with Crippen LogP contribution >= 0.6 is 0 Å². The smallest absolute Gasteiger partial charge is 0.215 e. The van der Waals surface area contributed by atoms with Crippen LogP contribution in [-0.4, -0.2) is 69.0 Å². The molecule has 0 spiro atoms. The number of hydrogen-bond donors (Lipinski definition) is 0. The van der Waals surface area contributed by atoms with E-state index in [4.69, 9.17) is 0 Å². The van der Waals surface area contributed by atoms with Crippen LogP contribution in [0.15, 0.2) is 42.5 Å². The second-order valence-corrected chi connectivity index (χ2v) is 9.30. The van der Waals surface area contributed by atoms with Gasteiger partial charge in [-0.3, -0.25) is 18.6 Å². The van der Waals surface area contributed by atoms with Gasteiger partial charge in [-0.25, -0.2) is 0 Å². The lowest BCUT2D eigenvalue weighted by molar-refractivity contribution is -1.09. The molecule has 2 aromatic carbocycles. The molecule has 0 radical (unpaired) electrons. The minimum absolute atomic E-state index is 0.0251. The molecule has 2 aromatic rings. The highest BCUT2D eigenvalue weighted by molar-refractivity contribution is 6.28. The zero-order valence-electron chi connectivity index (χ0n) is 17.2. The molecular formula is C23H30N2O2+2. The molecule has 0 amide bonds. The predicted molar refractivity (Wildman–Crippen MR) is 108 cm³/mol. The lowest BCUT2D eigenvalue weighted by Crippen LogP contribution is -2.61. The fraction of sp³-hybridized carbons (Fsp3) is 0.391. The number of quaternary nitrogens is 2. The molecule has 0 bridgehead atoms. The molecule has 0 fully saturated rings. The summed E-state index contributed by atoms with van der Waals surface area (Å²) >= 11 is 0. The number of benzene rings is 2. The van der Waals surface area contributed by atoms with Crippen LogP contribution in [0.25, 0.3) is 0 Å². The van der Waals surface area contributed by atoms with Gasteiger partial charge in [-0.05, 0) is 12.0 Å². The third-order valence-corrected chi connectivity index (χ3v) is 5.50. The van der Waals surface area contributed by atoms with Gasteiger partial charge < -0.3 is 0 Å². The van der Waals surface area contributed by atoms with E-state index in [1.54, 1.807) is 18.2 Å². The molecule has 1 aliphatic carbocycles. The molecule has 3 rings (SSSR count). The molecule has 0 saturated carbocycles. The predicted octanol–water partition coefficient (Wildman–Crippen LogP) is 3.13. The molecule has 0 N–H and O–H groups in total. The van der Waals surface area contributed by atoms with Crippen LogP contribution in [-0.2, 0) is 6.42 Å². The lowest BCUT2D eigenvalue weighted by atomic mass is 9.81. The van der Waals surface area contributed by atoms with Crippen molar-refractivity contribution in [1.29, 1.82) is 0 Å². The molecule has 0 heterocycles. The van der Waals surface area contributed by atoms with Crippen LogP contribution < -0.4 is 0 Å². The second-order valence-electron chi connectivity index (χ2n) is 9.30. The SMILES string of the molecule is C[N+](C)(C)C(CCc1cccc2c1C(=O)c1ccccc1C2=O)[N+](C)(C)C. The Morgan fingerprint density at radius 3 is 1.78 bits per heavy atom. The molecule has 0 aliphatic heterocycles. The van der Waals surface area contributed by atoms with Crippen molar-refractivity contribution in [2.24, 2.45) is 0 Å². The summed E-state index contributed by atoms with van der Waals surface area (Å²) in [6.45, 7) is 0. The Bertz CT molecular complexity index is 887. The van der Waals surface area contributed by atoms with Crippen molar-refractivity contribution in [2.45, 2.75) is 19.0 Å². The molecule has 0 saturated heterocycles. The standard InChI is InChI=1S/C23H30N2O2/c1-24(2,3)20(25(4,5)6)15-14-16-10-9-13-19-21(16)23(27)18-12-8-7-11-17(18)22(19)26/h7-13,20H,14-15H2,1-6H3/q+2. The van der Waals surface area contributed by atoms with E-state index in [0.29, 0.717) is 28.4 Å². The Morgan fingerprint density at radius 1 is 0.704 bits per heavy atom. The van der Waals surface area contributed by atoms with E-state index in [1.807, 2.05) is 24.3 Å². The minimum Gasteiger partial charge on any atom is -0.289 e. The lowest BCUT2D eigenvalue weighted by Gasteiger charge is -2.42. The van der Waals surface area contributed by atoms with Crippen LogP contribution in [0.3, 0.4) is 0 Å². The van der Waals surface area contributed by atoms with Gasteiger partial charge in [0.15, 0.2) is 11.6 Å². The summed E-state index contributed by atoms with van der Waals surface area (Å²) in [6, 6.07) is 12.8. The number of aryl methyl sites for hydroxylation is 1. The molecular weight excluding hydrogens is 336 g/mol. The fourth-order valence-electron chi connectivity index (χ4n) is 4.52. The van der Waals surface area contributed by atoms with E-state index in [2.05, 4.69) is 42.3 Å². The van der Waals surface area contributed by atoms with E-state index in [1.165, 1.54) is 0 Å². The number of carbonyl (C=O) groups excluding carboxylic acids is 2. The molecule has 1 aliphatic rings. The number of carbonyl (C=O) groups is 2. The molecule has 0 atom stereocenters. The molecule has 4 heteroatoms. The monoisotopic (exact) mass is 366 g/mol. The number of hydrogen-bond acceptors (Lipinski definition) is 2. The molecule has 0 unspecified atom stereocenters. The van der Waals surface area contributed by atoms with Crippen LogP contribution in [0.1, 0.15) is 43.8 Å². The molecule has 142 valence electrons. The zero-order valence-corrected chi connectivity index (χ0v) is 17.2. The Balaban J connectivity index is 1.98. The normalized spacial score (nSPS) is 14.3. The topological polar surface area (TPSA) is 34.1 Å². The Kier molecular flexibility index (Phi) is 4.83. The highest BCUT2D eigenvalue weighted by Gasteiger charge is 2.36. The maximum Gasteiger partial charge on any atom is 0.215 e. The van der Waals surface area contributed by atoms with Gasteiger partial charge in [0.1, 0.15) is 0 Å². The van der Waals surface area contributed by atoms with Crippen molar-refractivity contribution in [3.05, 3.63) is 70.3 Å². The van der Waals surface area contributed by atoms with Gasteiger partial charge in [-0.15, -0.1) is 0 Å². The van der Waals surface area contributed by atoms with Gasteiger partial charge in [-0.1, -0.05) is 42.5 Å². The fourth-order valence-corrected chi connectivity index (χ4v) is 4.52. The van der Waals surface area contributed by atoms with E-state index < -0.39 is 0 Å². The first-order chi connectivity index (χ1) is 12.5.